The number of aromatic nitrogens is 5. The Morgan fingerprint density at radius 1 is 1.16 bits per heavy atom. The van der Waals surface area contributed by atoms with Crippen LogP contribution in [0.2, 0.25) is 5.02 Å². The number of H-pyrrole nitrogens is 1. The van der Waals surface area contributed by atoms with E-state index in [4.69, 9.17) is 11.6 Å². The van der Waals surface area contributed by atoms with E-state index >= 15 is 0 Å². The zero-order valence-corrected chi connectivity index (χ0v) is 13.8. The van der Waals surface area contributed by atoms with Gasteiger partial charge < -0.3 is 10.3 Å². The van der Waals surface area contributed by atoms with Gasteiger partial charge in [-0.2, -0.15) is 0 Å². The van der Waals surface area contributed by atoms with Gasteiger partial charge >= 0.3 is 0 Å². The Morgan fingerprint density at radius 3 is 2.88 bits per heavy atom. The summed E-state index contributed by atoms with van der Waals surface area (Å²) in [5.41, 5.74) is 2.67. The van der Waals surface area contributed by atoms with E-state index in [9.17, 15) is 4.39 Å². The predicted octanol–water partition coefficient (Wildman–Crippen LogP) is 4.26. The molecule has 0 aliphatic carbocycles. The number of halogens is 2. The Morgan fingerprint density at radius 2 is 2.04 bits per heavy atom. The van der Waals surface area contributed by atoms with Crippen LogP contribution in [0.25, 0.3) is 22.4 Å². The van der Waals surface area contributed by atoms with E-state index in [-0.39, 0.29) is 5.02 Å². The molecule has 0 aliphatic heterocycles. The smallest absolute Gasteiger partial charge is 0.159 e. The van der Waals surface area contributed by atoms with Crippen molar-refractivity contribution in [3.63, 3.8) is 0 Å². The zero-order valence-electron chi connectivity index (χ0n) is 13.1. The van der Waals surface area contributed by atoms with E-state index in [0.717, 1.165) is 11.2 Å². The highest BCUT2D eigenvalue weighted by Crippen LogP contribution is 2.31. The first-order valence-electron chi connectivity index (χ1n) is 7.46. The molecule has 4 aromatic rings. The second kappa shape index (κ2) is 6.10. The summed E-state index contributed by atoms with van der Waals surface area (Å²) in [7, 11) is 0. The maximum absolute atomic E-state index is 13.7. The second-order valence-electron chi connectivity index (χ2n) is 5.41. The molecule has 4 rings (SSSR count). The molecule has 124 valence electrons. The standard InChI is InChI=1S/C17H12ClFN6/c1-9-7-13(22-8-21-9)24-17-15-12(5-6-20-17)23-16(25-15)10-3-2-4-11(19)14(10)18/h2-8H,1H3,(H,23,25)(H,20,21,22,24). The van der Waals surface area contributed by atoms with Gasteiger partial charge in [0.15, 0.2) is 5.82 Å². The van der Waals surface area contributed by atoms with Crippen LogP contribution in [0.3, 0.4) is 0 Å². The van der Waals surface area contributed by atoms with Crippen LogP contribution in [-0.4, -0.2) is 24.9 Å². The van der Waals surface area contributed by atoms with E-state index in [1.54, 1.807) is 30.5 Å². The monoisotopic (exact) mass is 354 g/mol. The molecular formula is C17H12ClFN6. The van der Waals surface area contributed by atoms with Crippen molar-refractivity contribution < 1.29 is 4.39 Å². The Labute approximate surface area is 147 Å². The molecule has 0 unspecified atom stereocenters. The van der Waals surface area contributed by atoms with Crippen LogP contribution >= 0.6 is 11.6 Å². The molecule has 2 N–H and O–H groups in total. The summed E-state index contributed by atoms with van der Waals surface area (Å²) in [6.45, 7) is 1.87. The van der Waals surface area contributed by atoms with Gasteiger partial charge in [0.05, 0.1) is 10.5 Å². The summed E-state index contributed by atoms with van der Waals surface area (Å²) in [5, 5.41) is 3.15. The van der Waals surface area contributed by atoms with E-state index < -0.39 is 5.82 Å². The first kappa shape index (κ1) is 15.5. The van der Waals surface area contributed by atoms with Gasteiger partial charge in [-0.05, 0) is 25.1 Å². The molecule has 0 radical (unpaired) electrons. The molecule has 1 aromatic carbocycles. The van der Waals surface area contributed by atoms with Gasteiger partial charge in [0.25, 0.3) is 0 Å². The second-order valence-corrected chi connectivity index (χ2v) is 5.79. The van der Waals surface area contributed by atoms with Crippen LogP contribution in [-0.2, 0) is 0 Å². The van der Waals surface area contributed by atoms with Crippen molar-refractivity contribution in [2.24, 2.45) is 0 Å². The number of pyridine rings is 1. The normalized spacial score (nSPS) is 11.0. The molecule has 0 bridgehead atoms. The van der Waals surface area contributed by atoms with Crippen LogP contribution in [0.15, 0.2) is 42.9 Å². The van der Waals surface area contributed by atoms with Gasteiger partial charge in [-0.1, -0.05) is 17.7 Å². The highest BCUT2D eigenvalue weighted by Gasteiger charge is 2.14. The average molecular weight is 355 g/mol. The molecule has 0 aliphatic rings. The van der Waals surface area contributed by atoms with Crippen LogP contribution in [0.5, 0.6) is 0 Å². The SMILES string of the molecule is Cc1cc(Nc2nccc3[nH]c(-c4cccc(F)c4Cl)nc23)ncn1. The number of benzene rings is 1. The minimum atomic E-state index is -0.493. The molecule has 0 fully saturated rings. The van der Waals surface area contributed by atoms with Crippen LogP contribution < -0.4 is 5.32 Å². The third-order valence-corrected chi connectivity index (χ3v) is 4.04. The summed E-state index contributed by atoms with van der Waals surface area (Å²) in [5.74, 6) is 1.12. The van der Waals surface area contributed by atoms with E-state index in [2.05, 4.69) is 30.2 Å². The highest BCUT2D eigenvalue weighted by molar-refractivity contribution is 6.33. The van der Waals surface area contributed by atoms with Gasteiger partial charge in [0, 0.05) is 23.5 Å². The third-order valence-electron chi connectivity index (χ3n) is 3.66. The third kappa shape index (κ3) is 2.89. The molecule has 25 heavy (non-hydrogen) atoms. The molecule has 0 saturated heterocycles. The van der Waals surface area contributed by atoms with E-state index in [1.807, 2.05) is 6.92 Å². The molecule has 0 spiro atoms. The van der Waals surface area contributed by atoms with Crippen molar-refractivity contribution in [1.29, 1.82) is 0 Å². The minimum Gasteiger partial charge on any atom is -0.338 e. The van der Waals surface area contributed by atoms with Crippen molar-refractivity contribution in [3.8, 4) is 11.4 Å². The number of anilines is 2. The fourth-order valence-electron chi connectivity index (χ4n) is 2.49. The molecule has 0 saturated carbocycles. The van der Waals surface area contributed by atoms with Crippen LogP contribution in [0.1, 0.15) is 5.69 Å². The number of aromatic amines is 1. The molecule has 3 aromatic heterocycles. The predicted molar refractivity (Wildman–Crippen MR) is 94.3 cm³/mol. The van der Waals surface area contributed by atoms with Gasteiger partial charge in [-0.3, -0.25) is 0 Å². The molecular weight excluding hydrogens is 343 g/mol. The Kier molecular flexibility index (Phi) is 3.77. The van der Waals surface area contributed by atoms with Crippen molar-refractivity contribution in [3.05, 3.63) is 59.4 Å². The van der Waals surface area contributed by atoms with Crippen molar-refractivity contribution in [2.75, 3.05) is 5.32 Å². The topological polar surface area (TPSA) is 79.4 Å². The number of rotatable bonds is 3. The molecule has 8 heteroatoms. The molecule has 0 amide bonds. The van der Waals surface area contributed by atoms with E-state index in [0.29, 0.717) is 28.5 Å². The number of imidazole rings is 1. The summed E-state index contributed by atoms with van der Waals surface area (Å²) in [6, 6.07) is 8.19. The minimum absolute atomic E-state index is 0.0236. The van der Waals surface area contributed by atoms with Crippen molar-refractivity contribution in [1.82, 2.24) is 24.9 Å². The number of hydrogen-bond acceptors (Lipinski definition) is 5. The summed E-state index contributed by atoms with van der Waals surface area (Å²) < 4.78 is 13.7. The fourth-order valence-corrected chi connectivity index (χ4v) is 2.70. The van der Waals surface area contributed by atoms with Gasteiger partial charge in [-0.15, -0.1) is 0 Å². The van der Waals surface area contributed by atoms with Gasteiger partial charge in [0.2, 0.25) is 0 Å². The lowest BCUT2D eigenvalue weighted by molar-refractivity contribution is 0.628. The largest absolute Gasteiger partial charge is 0.338 e. The molecule has 0 atom stereocenters. The van der Waals surface area contributed by atoms with Crippen LogP contribution in [0, 0.1) is 12.7 Å². The first-order valence-corrected chi connectivity index (χ1v) is 7.84. The lowest BCUT2D eigenvalue weighted by Gasteiger charge is -2.05. The summed E-state index contributed by atoms with van der Waals surface area (Å²) in [4.78, 5) is 20.2. The number of aryl methyl sites for hydroxylation is 1. The Bertz CT molecular complexity index is 1080. The molecule has 3 heterocycles. The number of nitrogens with one attached hydrogen (secondary N) is 2. The summed E-state index contributed by atoms with van der Waals surface area (Å²) in [6.07, 6.45) is 3.12. The quantitative estimate of drug-likeness (QED) is 0.574. The van der Waals surface area contributed by atoms with Gasteiger partial charge in [0.1, 0.15) is 29.3 Å². The van der Waals surface area contributed by atoms with Crippen molar-refractivity contribution in [2.45, 2.75) is 6.92 Å². The number of fused-ring (bicyclic) bond motifs is 1. The fraction of sp³-hybridized carbons (Fsp3) is 0.0588. The maximum Gasteiger partial charge on any atom is 0.159 e. The van der Waals surface area contributed by atoms with Gasteiger partial charge in [-0.25, -0.2) is 24.3 Å². The molecule has 6 nitrogen and oxygen atoms in total. The lowest BCUT2D eigenvalue weighted by atomic mass is 10.2. The summed E-state index contributed by atoms with van der Waals surface area (Å²) >= 11 is 6.06. The first-order chi connectivity index (χ1) is 12.1. The number of nitrogens with zero attached hydrogens (tertiary/aromatic N) is 4. The number of hydrogen-bond donors (Lipinski definition) is 2. The van der Waals surface area contributed by atoms with Crippen molar-refractivity contribution >= 4 is 34.3 Å². The lowest BCUT2D eigenvalue weighted by Crippen LogP contribution is -1.98. The Balaban J connectivity index is 1.80. The zero-order chi connectivity index (χ0) is 17.4. The van der Waals surface area contributed by atoms with E-state index in [1.165, 1.54) is 12.4 Å². The highest BCUT2D eigenvalue weighted by atomic mass is 35.5. The average Bonchev–Trinajstić information content (AvgIpc) is 3.02. The van der Waals surface area contributed by atoms with Crippen LogP contribution in [0.4, 0.5) is 16.0 Å². The Hall–Kier alpha value is -3.06. The maximum atomic E-state index is 13.7.